The van der Waals surface area contributed by atoms with Crippen LogP contribution in [-0.2, 0) is 19.5 Å². The Balaban J connectivity index is 1.27. The molecule has 11 heteroatoms. The molecule has 5 aliphatic rings. The van der Waals surface area contributed by atoms with Gasteiger partial charge in [0.2, 0.25) is 10.0 Å². The topological polar surface area (TPSA) is 108 Å². The molecule has 0 aromatic rings. The van der Waals surface area contributed by atoms with E-state index < -0.39 is 10.0 Å². The van der Waals surface area contributed by atoms with Gasteiger partial charge in [-0.15, -0.1) is 0 Å². The lowest BCUT2D eigenvalue weighted by Gasteiger charge is -2.54. The van der Waals surface area contributed by atoms with Crippen LogP contribution in [0.3, 0.4) is 0 Å². The van der Waals surface area contributed by atoms with Crippen molar-refractivity contribution in [2.24, 2.45) is 11.8 Å². The van der Waals surface area contributed by atoms with Gasteiger partial charge in [0.1, 0.15) is 0 Å². The summed E-state index contributed by atoms with van der Waals surface area (Å²) in [6.07, 6.45) is 9.42. The highest BCUT2D eigenvalue weighted by Crippen LogP contribution is 2.44. The number of piperidine rings is 1. The van der Waals surface area contributed by atoms with E-state index in [4.69, 9.17) is 9.47 Å². The number of fused-ring (bicyclic) bond motifs is 1. The normalized spacial score (nSPS) is 38.6. The standard InChI is InChI=1S/C26H44N4O6S/c1-18-17-28(25(31)36-24-6-3-4-13-27-24)23-16-20(9-12-22(23)30(18)26(32)35-2)19-7-10-21(11-8-19)29-14-5-15-37(29,33)34/h18-24,27H,3-17H2,1-2H3/t18-,19?,20?,21?,22?,23?,24?/m0/s1. The molecule has 2 saturated carbocycles. The number of ether oxygens (including phenoxy) is 2. The maximum absolute atomic E-state index is 13.4. The van der Waals surface area contributed by atoms with Crippen molar-refractivity contribution in [3.63, 3.8) is 0 Å². The quantitative estimate of drug-likeness (QED) is 0.586. The minimum Gasteiger partial charge on any atom is -0.453 e. The van der Waals surface area contributed by atoms with E-state index in [9.17, 15) is 18.0 Å². The van der Waals surface area contributed by atoms with Crippen LogP contribution in [0.4, 0.5) is 9.59 Å². The number of hydrogen-bond acceptors (Lipinski definition) is 7. The first-order valence-electron chi connectivity index (χ1n) is 14.3. The fourth-order valence-corrected chi connectivity index (χ4v) is 9.56. The van der Waals surface area contributed by atoms with E-state index in [0.717, 1.165) is 77.2 Å². The van der Waals surface area contributed by atoms with Crippen molar-refractivity contribution in [3.05, 3.63) is 0 Å². The van der Waals surface area contributed by atoms with E-state index in [0.29, 0.717) is 24.9 Å². The molecule has 0 bridgehead atoms. The minimum absolute atomic E-state index is 0.0783. The molecule has 3 aliphatic heterocycles. The van der Waals surface area contributed by atoms with Crippen molar-refractivity contribution in [1.29, 1.82) is 0 Å². The highest BCUT2D eigenvalue weighted by molar-refractivity contribution is 7.89. The lowest BCUT2D eigenvalue weighted by atomic mass is 9.69. The molecule has 5 rings (SSSR count). The second kappa shape index (κ2) is 11.3. The van der Waals surface area contributed by atoms with Gasteiger partial charge in [-0.1, -0.05) is 0 Å². The summed E-state index contributed by atoms with van der Waals surface area (Å²) in [5.74, 6) is 1.26. The zero-order valence-electron chi connectivity index (χ0n) is 22.3. The molecule has 210 valence electrons. The number of sulfonamides is 1. The number of rotatable bonds is 3. The van der Waals surface area contributed by atoms with Gasteiger partial charge in [-0.2, -0.15) is 4.31 Å². The van der Waals surface area contributed by atoms with Gasteiger partial charge in [-0.25, -0.2) is 18.0 Å². The molecule has 2 aliphatic carbocycles. The van der Waals surface area contributed by atoms with Crippen LogP contribution in [0.25, 0.3) is 0 Å². The summed E-state index contributed by atoms with van der Waals surface area (Å²) in [6, 6.07) is -0.179. The second-order valence-corrected chi connectivity index (χ2v) is 13.8. The Bertz CT molecular complexity index is 933. The van der Waals surface area contributed by atoms with Crippen LogP contribution in [0.1, 0.15) is 77.6 Å². The molecule has 10 nitrogen and oxygen atoms in total. The molecular formula is C26H44N4O6S. The van der Waals surface area contributed by atoms with Crippen LogP contribution in [0, 0.1) is 11.8 Å². The Hall–Kier alpha value is -1.59. The molecule has 1 N–H and O–H groups in total. The van der Waals surface area contributed by atoms with Gasteiger partial charge in [0.05, 0.1) is 31.0 Å². The van der Waals surface area contributed by atoms with E-state index in [1.165, 1.54) is 7.11 Å². The molecule has 3 saturated heterocycles. The average Bonchev–Trinajstić information content (AvgIpc) is 3.27. The molecule has 0 aromatic heterocycles. The summed E-state index contributed by atoms with van der Waals surface area (Å²) < 4.78 is 37.6. The van der Waals surface area contributed by atoms with Gasteiger partial charge >= 0.3 is 12.2 Å². The molecule has 3 heterocycles. The van der Waals surface area contributed by atoms with Crippen LogP contribution in [0.5, 0.6) is 0 Å². The van der Waals surface area contributed by atoms with Gasteiger partial charge in [0, 0.05) is 19.1 Å². The number of carbonyl (C=O) groups is 2. The summed E-state index contributed by atoms with van der Waals surface area (Å²) >= 11 is 0. The van der Waals surface area contributed by atoms with Crippen molar-refractivity contribution in [1.82, 2.24) is 19.4 Å². The lowest BCUT2D eigenvalue weighted by molar-refractivity contribution is -0.0539. The van der Waals surface area contributed by atoms with E-state index in [2.05, 4.69) is 5.32 Å². The van der Waals surface area contributed by atoms with Gasteiger partial charge < -0.3 is 14.4 Å². The van der Waals surface area contributed by atoms with E-state index in [-0.39, 0.29) is 48.3 Å². The Morgan fingerprint density at radius 2 is 1.65 bits per heavy atom. The average molecular weight is 541 g/mol. The van der Waals surface area contributed by atoms with Crippen LogP contribution in [0.2, 0.25) is 0 Å². The molecular weight excluding hydrogens is 496 g/mol. The molecule has 5 atom stereocenters. The third-order valence-corrected chi connectivity index (χ3v) is 11.6. The molecule has 0 radical (unpaired) electrons. The zero-order valence-corrected chi connectivity index (χ0v) is 23.2. The minimum atomic E-state index is -3.08. The van der Waals surface area contributed by atoms with Crippen LogP contribution >= 0.6 is 0 Å². The summed E-state index contributed by atoms with van der Waals surface area (Å²) in [5.41, 5.74) is 0. The number of carbonyl (C=O) groups excluding carboxylic acids is 2. The van der Waals surface area contributed by atoms with Crippen molar-refractivity contribution in [2.75, 3.05) is 32.5 Å². The van der Waals surface area contributed by atoms with Gasteiger partial charge in [-0.3, -0.25) is 10.2 Å². The first kappa shape index (κ1) is 27.0. The Kier molecular flexibility index (Phi) is 8.21. The number of hydrogen-bond donors (Lipinski definition) is 1. The molecule has 0 spiro atoms. The Labute approximate surface area is 221 Å². The van der Waals surface area contributed by atoms with Crippen LogP contribution in [0.15, 0.2) is 0 Å². The van der Waals surface area contributed by atoms with E-state index in [1.807, 2.05) is 16.7 Å². The number of nitrogens with zero attached hydrogens (tertiary/aromatic N) is 3. The molecule has 37 heavy (non-hydrogen) atoms. The number of methoxy groups -OCH3 is 1. The molecule has 0 aromatic carbocycles. The predicted molar refractivity (Wildman–Crippen MR) is 138 cm³/mol. The van der Waals surface area contributed by atoms with Gasteiger partial charge in [0.25, 0.3) is 0 Å². The first-order valence-corrected chi connectivity index (χ1v) is 16.0. The summed E-state index contributed by atoms with van der Waals surface area (Å²) in [4.78, 5) is 29.9. The van der Waals surface area contributed by atoms with Crippen molar-refractivity contribution in [3.8, 4) is 0 Å². The monoisotopic (exact) mass is 540 g/mol. The summed E-state index contributed by atoms with van der Waals surface area (Å²) in [6.45, 7) is 3.94. The molecule has 2 amide bonds. The SMILES string of the molecule is COC(=O)N1C2CCC(C3CCC(N4CCCS4(=O)=O)CC3)CC2N(C(=O)OC2CCCCN2)C[C@@H]1C. The predicted octanol–water partition coefficient (Wildman–Crippen LogP) is 3.13. The lowest BCUT2D eigenvalue weighted by Crippen LogP contribution is -2.67. The summed E-state index contributed by atoms with van der Waals surface area (Å²) in [7, 11) is -1.65. The van der Waals surface area contributed by atoms with Crippen LogP contribution < -0.4 is 5.32 Å². The highest BCUT2D eigenvalue weighted by atomic mass is 32.2. The largest absolute Gasteiger partial charge is 0.453 e. The second-order valence-electron chi connectivity index (χ2n) is 11.8. The Morgan fingerprint density at radius 1 is 0.892 bits per heavy atom. The molecule has 4 unspecified atom stereocenters. The third kappa shape index (κ3) is 5.59. The molecule has 5 fully saturated rings. The van der Waals surface area contributed by atoms with Crippen molar-refractivity contribution in [2.45, 2.75) is 108 Å². The fourth-order valence-electron chi connectivity index (χ4n) is 7.76. The maximum Gasteiger partial charge on any atom is 0.411 e. The van der Waals surface area contributed by atoms with E-state index >= 15 is 0 Å². The van der Waals surface area contributed by atoms with Gasteiger partial charge in [0.15, 0.2) is 6.23 Å². The van der Waals surface area contributed by atoms with Crippen molar-refractivity contribution < 1.29 is 27.5 Å². The smallest absolute Gasteiger partial charge is 0.411 e. The third-order valence-electron chi connectivity index (χ3n) is 9.60. The van der Waals surface area contributed by atoms with Crippen molar-refractivity contribution >= 4 is 22.2 Å². The van der Waals surface area contributed by atoms with E-state index in [1.54, 1.807) is 4.31 Å². The maximum atomic E-state index is 13.4. The highest BCUT2D eigenvalue weighted by Gasteiger charge is 2.49. The summed E-state index contributed by atoms with van der Waals surface area (Å²) in [5, 5.41) is 3.30. The number of amides is 2. The van der Waals surface area contributed by atoms with Gasteiger partial charge in [-0.05, 0) is 95.9 Å². The Morgan fingerprint density at radius 3 is 2.30 bits per heavy atom. The van der Waals surface area contributed by atoms with Crippen LogP contribution in [-0.4, -0.2) is 97.6 Å². The zero-order chi connectivity index (χ0) is 26.2. The fraction of sp³-hybridized carbons (Fsp3) is 0.923. The first-order chi connectivity index (χ1) is 17.8. The number of nitrogens with one attached hydrogen (secondary N) is 1. The number of piperazine rings is 1.